The lowest BCUT2D eigenvalue weighted by Gasteiger charge is -2.24. The maximum atomic E-state index is 13.6. The number of carbonyl (C=O) groups excluding carboxylic acids is 1. The molecule has 0 saturated carbocycles. The minimum absolute atomic E-state index is 0.392. The Kier molecular flexibility index (Phi) is 4.21. The second-order valence-corrected chi connectivity index (χ2v) is 3.27. The predicted molar refractivity (Wildman–Crippen MR) is 45.6 cm³/mol. The summed E-state index contributed by atoms with van der Waals surface area (Å²) >= 11 is 0. The fourth-order valence-electron chi connectivity index (χ4n) is 1.13. The number of hydrogen-bond donors (Lipinski definition) is 0. The summed E-state index contributed by atoms with van der Waals surface area (Å²) in [5, 5.41) is 0. The molecule has 0 fully saturated rings. The molecule has 0 radical (unpaired) electrons. The van der Waals surface area contributed by atoms with E-state index in [1.165, 1.54) is 14.0 Å². The number of rotatable bonds is 4. The molecule has 0 rings (SSSR count). The van der Waals surface area contributed by atoms with Crippen molar-refractivity contribution in [3.05, 3.63) is 0 Å². The zero-order valence-corrected chi connectivity index (χ0v) is 8.19. The molecule has 0 N–H and O–H groups in total. The van der Waals surface area contributed by atoms with Gasteiger partial charge in [0.05, 0.1) is 13.0 Å². The second-order valence-electron chi connectivity index (χ2n) is 3.27. The molecule has 2 atom stereocenters. The van der Waals surface area contributed by atoms with E-state index in [0.717, 1.165) is 6.42 Å². The summed E-state index contributed by atoms with van der Waals surface area (Å²) in [6, 6.07) is 0. The average molecular weight is 176 g/mol. The first-order valence-electron chi connectivity index (χ1n) is 4.22. The molecule has 0 heterocycles. The van der Waals surface area contributed by atoms with Crippen molar-refractivity contribution in [3.63, 3.8) is 0 Å². The molecule has 0 aliphatic carbocycles. The zero-order valence-electron chi connectivity index (χ0n) is 8.19. The van der Waals surface area contributed by atoms with Crippen molar-refractivity contribution >= 4 is 5.97 Å². The molecule has 0 aromatic rings. The minimum Gasteiger partial charge on any atom is -0.469 e. The maximum Gasteiger partial charge on any atom is 0.311 e. The quantitative estimate of drug-likeness (QED) is 0.614. The number of hydrogen-bond acceptors (Lipinski definition) is 2. The van der Waals surface area contributed by atoms with Crippen LogP contribution in [0.2, 0.25) is 0 Å². The molecule has 0 aromatic carbocycles. The lowest BCUT2D eigenvalue weighted by Crippen LogP contribution is -2.34. The first-order chi connectivity index (χ1) is 5.45. The van der Waals surface area contributed by atoms with Gasteiger partial charge in [0, 0.05) is 0 Å². The fourth-order valence-corrected chi connectivity index (χ4v) is 1.13. The van der Waals surface area contributed by atoms with Gasteiger partial charge in [0.1, 0.15) is 5.67 Å². The third-order valence-corrected chi connectivity index (χ3v) is 2.20. The Balaban J connectivity index is 4.23. The van der Waals surface area contributed by atoms with Gasteiger partial charge in [0.15, 0.2) is 0 Å². The smallest absolute Gasteiger partial charge is 0.311 e. The van der Waals surface area contributed by atoms with E-state index in [-0.39, 0.29) is 0 Å². The average Bonchev–Trinajstić information content (AvgIpc) is 2.01. The SMILES string of the molecule is CCCC(C)(F)[C@H](C)C(=O)OC. The normalized spacial score (nSPS) is 18.1. The molecule has 2 nitrogen and oxygen atoms in total. The first kappa shape index (κ1) is 11.4. The molecule has 0 bridgehead atoms. The summed E-state index contributed by atoms with van der Waals surface area (Å²) in [5.74, 6) is -1.16. The molecule has 72 valence electrons. The molecule has 0 saturated heterocycles. The van der Waals surface area contributed by atoms with Crippen LogP contribution in [0.4, 0.5) is 4.39 Å². The Morgan fingerprint density at radius 2 is 2.17 bits per heavy atom. The maximum absolute atomic E-state index is 13.6. The highest BCUT2D eigenvalue weighted by Gasteiger charge is 2.35. The second kappa shape index (κ2) is 4.43. The molecule has 3 heteroatoms. The van der Waals surface area contributed by atoms with Gasteiger partial charge in [-0.1, -0.05) is 13.3 Å². The number of carbonyl (C=O) groups is 1. The Morgan fingerprint density at radius 3 is 2.50 bits per heavy atom. The van der Waals surface area contributed by atoms with Crippen LogP contribution >= 0.6 is 0 Å². The largest absolute Gasteiger partial charge is 0.469 e. The van der Waals surface area contributed by atoms with Gasteiger partial charge in [-0.05, 0) is 20.3 Å². The highest BCUT2D eigenvalue weighted by Crippen LogP contribution is 2.27. The minimum atomic E-state index is -1.44. The fraction of sp³-hybridized carbons (Fsp3) is 0.889. The van der Waals surface area contributed by atoms with Crippen LogP contribution in [0.1, 0.15) is 33.6 Å². The van der Waals surface area contributed by atoms with Crippen LogP contribution in [0.5, 0.6) is 0 Å². The number of esters is 1. The van der Waals surface area contributed by atoms with Crippen molar-refractivity contribution in [1.82, 2.24) is 0 Å². The van der Waals surface area contributed by atoms with Crippen LogP contribution in [0.15, 0.2) is 0 Å². The van der Waals surface area contributed by atoms with Gasteiger partial charge in [0.25, 0.3) is 0 Å². The van der Waals surface area contributed by atoms with Crippen molar-refractivity contribution in [1.29, 1.82) is 0 Å². The van der Waals surface area contributed by atoms with E-state index in [1.807, 2.05) is 6.92 Å². The predicted octanol–water partition coefficient (Wildman–Crippen LogP) is 2.32. The Bertz CT molecular complexity index is 155. The highest BCUT2D eigenvalue weighted by atomic mass is 19.1. The lowest BCUT2D eigenvalue weighted by molar-refractivity contribution is -0.150. The molecule has 1 unspecified atom stereocenters. The van der Waals surface area contributed by atoms with Crippen molar-refractivity contribution in [2.75, 3.05) is 7.11 Å². The van der Waals surface area contributed by atoms with Crippen molar-refractivity contribution < 1.29 is 13.9 Å². The van der Waals surface area contributed by atoms with Crippen LogP contribution < -0.4 is 0 Å². The summed E-state index contributed by atoms with van der Waals surface area (Å²) < 4.78 is 18.1. The number of methoxy groups -OCH3 is 1. The number of halogens is 1. The third-order valence-electron chi connectivity index (χ3n) is 2.20. The number of alkyl halides is 1. The van der Waals surface area contributed by atoms with Gasteiger partial charge in [0.2, 0.25) is 0 Å². The monoisotopic (exact) mass is 176 g/mol. The van der Waals surface area contributed by atoms with E-state index in [9.17, 15) is 9.18 Å². The molecule has 0 amide bonds. The standard InChI is InChI=1S/C9H17FO2/c1-5-6-9(3,10)7(2)8(11)12-4/h7H,5-6H2,1-4H3/t7-,9?/m1/s1. The third kappa shape index (κ3) is 2.80. The van der Waals surface area contributed by atoms with Gasteiger partial charge in [-0.15, -0.1) is 0 Å². The van der Waals surface area contributed by atoms with Crippen LogP contribution in [-0.2, 0) is 9.53 Å². The first-order valence-corrected chi connectivity index (χ1v) is 4.22. The Labute approximate surface area is 73.1 Å². The van der Waals surface area contributed by atoms with Crippen LogP contribution in [0.25, 0.3) is 0 Å². The van der Waals surface area contributed by atoms with Gasteiger partial charge >= 0.3 is 5.97 Å². The summed E-state index contributed by atoms with van der Waals surface area (Å²) in [6.45, 7) is 4.89. The van der Waals surface area contributed by atoms with E-state index < -0.39 is 17.6 Å². The summed E-state index contributed by atoms with van der Waals surface area (Å²) in [7, 11) is 1.28. The molecule has 0 aliphatic rings. The van der Waals surface area contributed by atoms with Crippen LogP contribution in [0, 0.1) is 5.92 Å². The molecule has 12 heavy (non-hydrogen) atoms. The van der Waals surface area contributed by atoms with E-state index >= 15 is 0 Å². The van der Waals surface area contributed by atoms with Crippen molar-refractivity contribution in [2.45, 2.75) is 39.3 Å². The van der Waals surface area contributed by atoms with E-state index in [2.05, 4.69) is 4.74 Å². The molecular formula is C9H17FO2. The highest BCUT2D eigenvalue weighted by molar-refractivity contribution is 5.73. The van der Waals surface area contributed by atoms with Crippen molar-refractivity contribution in [3.8, 4) is 0 Å². The van der Waals surface area contributed by atoms with Gasteiger partial charge in [-0.3, -0.25) is 4.79 Å². The topological polar surface area (TPSA) is 26.3 Å². The summed E-state index contributed by atoms with van der Waals surface area (Å²) in [4.78, 5) is 11.0. The molecule has 0 aliphatic heterocycles. The lowest BCUT2D eigenvalue weighted by atomic mass is 9.88. The molecule has 0 aromatic heterocycles. The summed E-state index contributed by atoms with van der Waals surface area (Å²) in [5.41, 5.74) is -1.44. The van der Waals surface area contributed by atoms with E-state index in [1.54, 1.807) is 6.92 Å². The van der Waals surface area contributed by atoms with E-state index in [0.29, 0.717) is 6.42 Å². The number of ether oxygens (including phenoxy) is 1. The summed E-state index contributed by atoms with van der Waals surface area (Å²) in [6.07, 6.45) is 1.12. The zero-order chi connectivity index (χ0) is 9.78. The molecular weight excluding hydrogens is 159 g/mol. The van der Waals surface area contributed by atoms with Gasteiger partial charge < -0.3 is 4.74 Å². The van der Waals surface area contributed by atoms with E-state index in [4.69, 9.17) is 0 Å². The van der Waals surface area contributed by atoms with Gasteiger partial charge in [-0.2, -0.15) is 0 Å². The Hall–Kier alpha value is -0.600. The van der Waals surface area contributed by atoms with Crippen molar-refractivity contribution in [2.24, 2.45) is 5.92 Å². The van der Waals surface area contributed by atoms with Gasteiger partial charge in [-0.25, -0.2) is 4.39 Å². The van der Waals surface area contributed by atoms with Crippen LogP contribution in [-0.4, -0.2) is 18.7 Å². The Morgan fingerprint density at radius 1 is 1.67 bits per heavy atom. The molecule has 0 spiro atoms. The van der Waals surface area contributed by atoms with Crippen LogP contribution in [0.3, 0.4) is 0 Å².